The van der Waals surface area contributed by atoms with E-state index in [1.165, 1.54) is 0 Å². The summed E-state index contributed by atoms with van der Waals surface area (Å²) in [6.45, 7) is 2.07. The molecule has 0 aliphatic rings. The van der Waals surface area contributed by atoms with Gasteiger partial charge in [-0.1, -0.05) is 12.1 Å². The lowest BCUT2D eigenvalue weighted by Crippen LogP contribution is -2.24. The van der Waals surface area contributed by atoms with Gasteiger partial charge in [-0.05, 0) is 24.6 Å². The third-order valence-electron chi connectivity index (χ3n) is 2.38. The van der Waals surface area contributed by atoms with Gasteiger partial charge in [0.1, 0.15) is 11.5 Å². The minimum Gasteiger partial charge on any atom is -0.508 e. The highest BCUT2D eigenvalue weighted by molar-refractivity contribution is 5.78. The highest BCUT2D eigenvalue weighted by Crippen LogP contribution is 2.11. The Morgan fingerprint density at radius 3 is 3.00 bits per heavy atom. The number of rotatable bonds is 4. The molecule has 0 aliphatic carbocycles. The van der Waals surface area contributed by atoms with Crippen LogP contribution in [0.15, 0.2) is 34.9 Å². The van der Waals surface area contributed by atoms with E-state index < -0.39 is 0 Å². The largest absolute Gasteiger partial charge is 0.508 e. The maximum absolute atomic E-state index is 11.6. The monoisotopic (exact) mass is 246 g/mol. The maximum atomic E-state index is 11.6. The lowest BCUT2D eigenvalue weighted by Gasteiger charge is -2.03. The van der Waals surface area contributed by atoms with Gasteiger partial charge in [-0.25, -0.2) is 4.98 Å². The fourth-order valence-corrected chi connectivity index (χ4v) is 1.57. The van der Waals surface area contributed by atoms with Crippen molar-refractivity contribution in [1.82, 2.24) is 10.3 Å². The number of aromatic nitrogens is 1. The zero-order valence-corrected chi connectivity index (χ0v) is 10.0. The molecule has 0 bridgehead atoms. The molecule has 0 saturated carbocycles. The topological polar surface area (TPSA) is 75.4 Å². The normalized spacial score (nSPS) is 10.3. The Morgan fingerprint density at radius 2 is 2.33 bits per heavy atom. The van der Waals surface area contributed by atoms with Crippen LogP contribution in [0.5, 0.6) is 5.75 Å². The van der Waals surface area contributed by atoms with E-state index in [0.717, 1.165) is 5.56 Å². The molecule has 0 spiro atoms. The van der Waals surface area contributed by atoms with Gasteiger partial charge >= 0.3 is 0 Å². The first-order chi connectivity index (χ1) is 8.63. The molecule has 2 rings (SSSR count). The molecule has 18 heavy (non-hydrogen) atoms. The molecule has 5 heteroatoms. The lowest BCUT2D eigenvalue weighted by molar-refractivity contribution is -0.120. The van der Waals surface area contributed by atoms with Crippen molar-refractivity contribution in [1.29, 1.82) is 0 Å². The fraction of sp³-hybridized carbons (Fsp3) is 0.231. The van der Waals surface area contributed by atoms with E-state index in [0.29, 0.717) is 11.7 Å². The fourth-order valence-electron chi connectivity index (χ4n) is 1.57. The second-order valence-electron chi connectivity index (χ2n) is 3.99. The maximum Gasteiger partial charge on any atom is 0.224 e. The van der Waals surface area contributed by atoms with Crippen molar-refractivity contribution < 1.29 is 14.3 Å². The summed E-state index contributed by atoms with van der Waals surface area (Å²) in [7, 11) is 0. The molecule has 0 fully saturated rings. The van der Waals surface area contributed by atoms with Crippen LogP contribution >= 0.6 is 0 Å². The number of phenolic OH excluding ortho intramolecular Hbond substituents is 1. The van der Waals surface area contributed by atoms with Gasteiger partial charge < -0.3 is 14.8 Å². The Labute approximate surface area is 104 Å². The highest BCUT2D eigenvalue weighted by atomic mass is 16.4. The van der Waals surface area contributed by atoms with Gasteiger partial charge in [0.05, 0.1) is 19.2 Å². The van der Waals surface area contributed by atoms with Crippen molar-refractivity contribution in [2.45, 2.75) is 19.9 Å². The number of hydrogen-bond acceptors (Lipinski definition) is 4. The minimum atomic E-state index is -0.142. The Bertz CT molecular complexity index is 549. The van der Waals surface area contributed by atoms with Crippen LogP contribution in [0.1, 0.15) is 17.2 Å². The first-order valence-corrected chi connectivity index (χ1v) is 5.59. The summed E-state index contributed by atoms with van der Waals surface area (Å²) >= 11 is 0. The predicted molar refractivity (Wildman–Crippen MR) is 64.9 cm³/mol. The van der Waals surface area contributed by atoms with Gasteiger partial charge in [0.15, 0.2) is 0 Å². The molecule has 1 heterocycles. The van der Waals surface area contributed by atoms with Crippen LogP contribution in [-0.2, 0) is 17.8 Å². The zero-order valence-electron chi connectivity index (χ0n) is 10.0. The highest BCUT2D eigenvalue weighted by Gasteiger charge is 2.06. The number of phenols is 1. The van der Waals surface area contributed by atoms with Crippen molar-refractivity contribution in [2.75, 3.05) is 0 Å². The van der Waals surface area contributed by atoms with E-state index >= 15 is 0 Å². The molecule has 2 N–H and O–H groups in total. The molecule has 2 aromatic rings. The van der Waals surface area contributed by atoms with E-state index in [4.69, 9.17) is 4.42 Å². The second kappa shape index (κ2) is 5.35. The van der Waals surface area contributed by atoms with Gasteiger partial charge in [-0.3, -0.25) is 4.79 Å². The average molecular weight is 246 g/mol. The van der Waals surface area contributed by atoms with Crippen LogP contribution in [0, 0.1) is 6.92 Å². The summed E-state index contributed by atoms with van der Waals surface area (Å²) in [6.07, 6.45) is 1.82. The van der Waals surface area contributed by atoms with E-state index in [-0.39, 0.29) is 24.6 Å². The molecule has 0 radical (unpaired) electrons. The lowest BCUT2D eigenvalue weighted by atomic mass is 10.1. The van der Waals surface area contributed by atoms with Crippen LogP contribution in [-0.4, -0.2) is 16.0 Å². The second-order valence-corrected chi connectivity index (χ2v) is 3.99. The van der Waals surface area contributed by atoms with Crippen molar-refractivity contribution in [2.24, 2.45) is 0 Å². The molecule has 0 aliphatic heterocycles. The smallest absolute Gasteiger partial charge is 0.224 e. The number of nitrogens with one attached hydrogen (secondary N) is 1. The van der Waals surface area contributed by atoms with Crippen LogP contribution in [0.4, 0.5) is 0 Å². The molecule has 1 amide bonds. The predicted octanol–water partition coefficient (Wildman–Crippen LogP) is 1.55. The number of aryl methyl sites for hydroxylation is 1. The SMILES string of the molecule is Cc1cnc(CNC(=O)Cc2cccc(O)c2)o1. The Balaban J connectivity index is 1.85. The summed E-state index contributed by atoms with van der Waals surface area (Å²) in [4.78, 5) is 15.6. The minimum absolute atomic E-state index is 0.142. The van der Waals surface area contributed by atoms with Gasteiger partial charge in [0.2, 0.25) is 11.8 Å². The Morgan fingerprint density at radius 1 is 1.50 bits per heavy atom. The summed E-state index contributed by atoms with van der Waals surface area (Å²) in [5.41, 5.74) is 0.760. The van der Waals surface area contributed by atoms with Crippen LogP contribution in [0.3, 0.4) is 0 Å². The van der Waals surface area contributed by atoms with Crippen molar-refractivity contribution in [3.63, 3.8) is 0 Å². The van der Waals surface area contributed by atoms with E-state index in [9.17, 15) is 9.90 Å². The van der Waals surface area contributed by atoms with Crippen molar-refractivity contribution in [3.8, 4) is 5.75 Å². The van der Waals surface area contributed by atoms with Crippen molar-refractivity contribution in [3.05, 3.63) is 47.7 Å². The van der Waals surface area contributed by atoms with Crippen LogP contribution < -0.4 is 5.32 Å². The Kier molecular flexibility index (Phi) is 3.62. The summed E-state index contributed by atoms with van der Waals surface area (Å²) in [6, 6.07) is 6.62. The van der Waals surface area contributed by atoms with Gasteiger partial charge in [0, 0.05) is 0 Å². The van der Waals surface area contributed by atoms with Gasteiger partial charge in [-0.15, -0.1) is 0 Å². The number of oxazole rings is 1. The molecular weight excluding hydrogens is 232 g/mol. The number of carbonyl (C=O) groups excluding carboxylic acids is 1. The third-order valence-corrected chi connectivity index (χ3v) is 2.38. The average Bonchev–Trinajstić information content (AvgIpc) is 2.73. The third kappa shape index (κ3) is 3.35. The number of benzene rings is 1. The number of nitrogens with zero attached hydrogens (tertiary/aromatic N) is 1. The molecule has 0 saturated heterocycles. The first kappa shape index (κ1) is 12.2. The Hall–Kier alpha value is -2.30. The molecule has 0 unspecified atom stereocenters. The number of aromatic hydroxyl groups is 1. The summed E-state index contributed by atoms with van der Waals surface area (Å²) in [5.74, 6) is 1.21. The van der Waals surface area contributed by atoms with E-state index in [1.54, 1.807) is 37.4 Å². The molecular formula is C13H14N2O3. The first-order valence-electron chi connectivity index (χ1n) is 5.59. The zero-order chi connectivity index (χ0) is 13.0. The van der Waals surface area contributed by atoms with Crippen LogP contribution in [0.2, 0.25) is 0 Å². The van der Waals surface area contributed by atoms with E-state index in [1.807, 2.05) is 0 Å². The molecule has 1 aromatic carbocycles. The number of hydrogen-bond donors (Lipinski definition) is 2. The van der Waals surface area contributed by atoms with Gasteiger partial charge in [-0.2, -0.15) is 0 Å². The van der Waals surface area contributed by atoms with E-state index in [2.05, 4.69) is 10.3 Å². The summed E-state index contributed by atoms with van der Waals surface area (Å²) < 4.78 is 5.24. The quantitative estimate of drug-likeness (QED) is 0.858. The molecule has 1 aromatic heterocycles. The van der Waals surface area contributed by atoms with Crippen molar-refractivity contribution >= 4 is 5.91 Å². The van der Waals surface area contributed by atoms with Crippen LogP contribution in [0.25, 0.3) is 0 Å². The standard InChI is InChI=1S/C13H14N2O3/c1-9-7-15-13(18-9)8-14-12(17)6-10-3-2-4-11(16)5-10/h2-5,7,16H,6,8H2,1H3,(H,14,17). The molecule has 5 nitrogen and oxygen atoms in total. The van der Waals surface area contributed by atoms with Gasteiger partial charge in [0.25, 0.3) is 0 Å². The number of carbonyl (C=O) groups is 1. The number of amides is 1. The summed E-state index contributed by atoms with van der Waals surface area (Å²) in [5, 5.41) is 12.0. The molecule has 94 valence electrons. The molecule has 0 atom stereocenters.